The maximum atomic E-state index is 3.51. The molecule has 1 aliphatic heterocycles. The molecule has 0 bridgehead atoms. The molecule has 2 aliphatic carbocycles. The van der Waals surface area contributed by atoms with E-state index in [1.54, 1.807) is 12.8 Å². The Hall–Kier alpha value is -0.0800. The van der Waals surface area contributed by atoms with Crippen molar-refractivity contribution in [3.63, 3.8) is 0 Å². The summed E-state index contributed by atoms with van der Waals surface area (Å²) in [5.74, 6) is 3.17. The van der Waals surface area contributed by atoms with E-state index in [0.717, 1.165) is 23.8 Å². The van der Waals surface area contributed by atoms with E-state index in [1.807, 2.05) is 0 Å². The van der Waals surface area contributed by atoms with Crippen molar-refractivity contribution in [3.05, 3.63) is 0 Å². The van der Waals surface area contributed by atoms with Crippen LogP contribution in [0.5, 0.6) is 0 Å². The monoisotopic (exact) mass is 278 g/mol. The number of nitrogens with zero attached hydrogens (tertiary/aromatic N) is 1. The normalized spacial score (nSPS) is 32.7. The van der Waals surface area contributed by atoms with Crippen LogP contribution in [-0.4, -0.2) is 37.1 Å². The van der Waals surface area contributed by atoms with Gasteiger partial charge in [0.25, 0.3) is 0 Å². The topological polar surface area (TPSA) is 15.3 Å². The zero-order valence-electron chi connectivity index (χ0n) is 13.4. The van der Waals surface area contributed by atoms with Crippen molar-refractivity contribution in [2.45, 2.75) is 70.8 Å². The molecule has 2 atom stereocenters. The van der Waals surface area contributed by atoms with Crippen LogP contribution in [0.3, 0.4) is 0 Å². The number of nitrogens with one attached hydrogen (secondary N) is 1. The van der Waals surface area contributed by atoms with Crippen molar-refractivity contribution in [1.82, 2.24) is 10.2 Å². The number of hydrogen-bond acceptors (Lipinski definition) is 2. The average molecular weight is 278 g/mol. The maximum Gasteiger partial charge on any atom is 0.00981 e. The number of piperidine rings is 1. The Labute approximate surface area is 125 Å². The van der Waals surface area contributed by atoms with Gasteiger partial charge in [0, 0.05) is 12.6 Å². The van der Waals surface area contributed by atoms with Gasteiger partial charge in [0.2, 0.25) is 0 Å². The summed E-state index contributed by atoms with van der Waals surface area (Å²) in [5.41, 5.74) is 0. The second-order valence-corrected chi connectivity index (χ2v) is 7.61. The second-order valence-electron chi connectivity index (χ2n) is 7.61. The standard InChI is InChI=1S/C18H34N2/c1-2-12-20(14-15-8-10-19-11-9-15)18-5-3-4-17(13-18)16-6-7-16/h15-19H,2-14H2,1H3. The molecule has 0 aromatic rings. The van der Waals surface area contributed by atoms with Crippen LogP contribution in [0, 0.1) is 17.8 Å². The number of rotatable bonds is 6. The van der Waals surface area contributed by atoms with Crippen LogP contribution in [0.1, 0.15) is 64.7 Å². The first-order valence-electron chi connectivity index (χ1n) is 9.31. The molecule has 0 amide bonds. The summed E-state index contributed by atoms with van der Waals surface area (Å²) in [7, 11) is 0. The SMILES string of the molecule is CCCN(CC1CCNCC1)C1CCCC(C2CC2)C1. The zero-order valence-corrected chi connectivity index (χ0v) is 13.4. The molecule has 1 saturated heterocycles. The first-order chi connectivity index (χ1) is 9.86. The van der Waals surface area contributed by atoms with Crippen LogP contribution < -0.4 is 5.32 Å². The summed E-state index contributed by atoms with van der Waals surface area (Å²) in [6, 6.07) is 0.921. The molecule has 0 aromatic carbocycles. The lowest BCUT2D eigenvalue weighted by molar-refractivity contribution is 0.0981. The summed E-state index contributed by atoms with van der Waals surface area (Å²) >= 11 is 0. The fourth-order valence-corrected chi connectivity index (χ4v) is 4.63. The summed E-state index contributed by atoms with van der Waals surface area (Å²) in [6.07, 6.45) is 13.3. The van der Waals surface area contributed by atoms with E-state index >= 15 is 0 Å². The largest absolute Gasteiger partial charge is 0.317 e. The van der Waals surface area contributed by atoms with E-state index < -0.39 is 0 Å². The van der Waals surface area contributed by atoms with Crippen LogP contribution in [0.25, 0.3) is 0 Å². The number of hydrogen-bond donors (Lipinski definition) is 1. The molecule has 0 spiro atoms. The molecule has 3 rings (SSSR count). The van der Waals surface area contributed by atoms with Gasteiger partial charge in [-0.2, -0.15) is 0 Å². The second kappa shape index (κ2) is 7.26. The fourth-order valence-electron chi connectivity index (χ4n) is 4.63. The van der Waals surface area contributed by atoms with Gasteiger partial charge in [-0.3, -0.25) is 0 Å². The quantitative estimate of drug-likeness (QED) is 0.797. The first-order valence-corrected chi connectivity index (χ1v) is 9.31. The van der Waals surface area contributed by atoms with Gasteiger partial charge < -0.3 is 10.2 Å². The molecule has 2 unspecified atom stereocenters. The highest BCUT2D eigenvalue weighted by atomic mass is 15.2. The molecule has 1 heterocycles. The highest BCUT2D eigenvalue weighted by Crippen LogP contribution is 2.44. The van der Waals surface area contributed by atoms with Crippen LogP contribution >= 0.6 is 0 Å². The van der Waals surface area contributed by atoms with Crippen LogP contribution in [0.4, 0.5) is 0 Å². The predicted molar refractivity (Wildman–Crippen MR) is 85.9 cm³/mol. The van der Waals surface area contributed by atoms with E-state index in [-0.39, 0.29) is 0 Å². The molecule has 1 N–H and O–H groups in total. The Kier molecular flexibility index (Phi) is 5.39. The average Bonchev–Trinajstić information content (AvgIpc) is 3.33. The van der Waals surface area contributed by atoms with Gasteiger partial charge in [0.05, 0.1) is 0 Å². The molecule has 2 nitrogen and oxygen atoms in total. The van der Waals surface area contributed by atoms with Gasteiger partial charge in [-0.1, -0.05) is 19.8 Å². The third-order valence-electron chi connectivity index (χ3n) is 5.95. The lowest BCUT2D eigenvalue weighted by Crippen LogP contribution is -2.44. The summed E-state index contributed by atoms with van der Waals surface area (Å²) < 4.78 is 0. The van der Waals surface area contributed by atoms with E-state index in [4.69, 9.17) is 0 Å². The van der Waals surface area contributed by atoms with Crippen molar-refractivity contribution >= 4 is 0 Å². The van der Waals surface area contributed by atoms with Crippen molar-refractivity contribution in [3.8, 4) is 0 Å². The summed E-state index contributed by atoms with van der Waals surface area (Å²) in [6.45, 7) is 7.58. The molecule has 20 heavy (non-hydrogen) atoms. The van der Waals surface area contributed by atoms with Gasteiger partial charge in [-0.15, -0.1) is 0 Å². The lowest BCUT2D eigenvalue weighted by atomic mass is 9.81. The highest BCUT2D eigenvalue weighted by Gasteiger charge is 2.36. The van der Waals surface area contributed by atoms with E-state index in [1.165, 1.54) is 71.1 Å². The molecule has 116 valence electrons. The molecule has 2 saturated carbocycles. The van der Waals surface area contributed by atoms with Gasteiger partial charge in [0.1, 0.15) is 0 Å². The van der Waals surface area contributed by atoms with Gasteiger partial charge in [-0.25, -0.2) is 0 Å². The van der Waals surface area contributed by atoms with Crippen molar-refractivity contribution in [1.29, 1.82) is 0 Å². The van der Waals surface area contributed by atoms with E-state index in [9.17, 15) is 0 Å². The van der Waals surface area contributed by atoms with Gasteiger partial charge in [-0.05, 0) is 82.3 Å². The Bertz CT molecular complexity index is 281. The predicted octanol–water partition coefficient (Wildman–Crippen LogP) is 3.67. The van der Waals surface area contributed by atoms with Crippen molar-refractivity contribution < 1.29 is 0 Å². The third-order valence-corrected chi connectivity index (χ3v) is 5.95. The van der Waals surface area contributed by atoms with Crippen LogP contribution in [0.15, 0.2) is 0 Å². The minimum atomic E-state index is 0.921. The maximum absolute atomic E-state index is 3.51. The molecule has 0 radical (unpaired) electrons. The minimum absolute atomic E-state index is 0.921. The zero-order chi connectivity index (χ0) is 13.8. The van der Waals surface area contributed by atoms with Crippen LogP contribution in [-0.2, 0) is 0 Å². The van der Waals surface area contributed by atoms with Crippen molar-refractivity contribution in [2.24, 2.45) is 17.8 Å². The Morgan fingerprint density at radius 3 is 2.45 bits per heavy atom. The molecular weight excluding hydrogens is 244 g/mol. The third kappa shape index (κ3) is 3.98. The Morgan fingerprint density at radius 1 is 0.950 bits per heavy atom. The molecule has 3 aliphatic rings. The molecule has 0 aromatic heterocycles. The summed E-state index contributed by atoms with van der Waals surface area (Å²) in [5, 5.41) is 3.51. The molecule has 2 heteroatoms. The fraction of sp³-hybridized carbons (Fsp3) is 1.00. The van der Waals surface area contributed by atoms with Gasteiger partial charge in [0.15, 0.2) is 0 Å². The first kappa shape index (κ1) is 14.8. The smallest absolute Gasteiger partial charge is 0.00981 e. The Morgan fingerprint density at radius 2 is 1.75 bits per heavy atom. The van der Waals surface area contributed by atoms with Crippen LogP contribution in [0.2, 0.25) is 0 Å². The lowest BCUT2D eigenvalue weighted by Gasteiger charge is -2.40. The molecule has 3 fully saturated rings. The highest BCUT2D eigenvalue weighted by molar-refractivity contribution is 4.89. The van der Waals surface area contributed by atoms with Gasteiger partial charge >= 0.3 is 0 Å². The minimum Gasteiger partial charge on any atom is -0.317 e. The van der Waals surface area contributed by atoms with E-state index in [2.05, 4.69) is 17.1 Å². The molecular formula is C18H34N2. The summed E-state index contributed by atoms with van der Waals surface area (Å²) in [4.78, 5) is 2.89. The van der Waals surface area contributed by atoms with E-state index in [0.29, 0.717) is 0 Å². The van der Waals surface area contributed by atoms with Crippen molar-refractivity contribution in [2.75, 3.05) is 26.2 Å². The Balaban J connectivity index is 1.53.